The number of hydrogen-bond acceptors (Lipinski definition) is 4. The zero-order valence-electron chi connectivity index (χ0n) is 11.3. The maximum Gasteiger partial charge on any atom is 0.260 e. The van der Waals surface area contributed by atoms with Gasteiger partial charge in [0.2, 0.25) is 0 Å². The van der Waals surface area contributed by atoms with Gasteiger partial charge in [0.05, 0.1) is 12.3 Å². The molecule has 2 heterocycles. The monoisotopic (exact) mass is 287 g/mol. The average molecular weight is 287 g/mol. The SMILES string of the molecule is Cc1ncc(S(=O)(=O)N2CCCCC2CC(C)O)[nH]1. The van der Waals surface area contributed by atoms with E-state index in [1.54, 1.807) is 13.8 Å². The second kappa shape index (κ2) is 5.60. The number of aromatic nitrogens is 2. The van der Waals surface area contributed by atoms with Gasteiger partial charge >= 0.3 is 0 Å². The largest absolute Gasteiger partial charge is 0.393 e. The molecular formula is C12H21N3O3S. The van der Waals surface area contributed by atoms with Gasteiger partial charge in [0.1, 0.15) is 5.82 Å². The molecule has 1 aliphatic rings. The molecule has 108 valence electrons. The van der Waals surface area contributed by atoms with Crippen LogP contribution in [0.3, 0.4) is 0 Å². The number of aromatic amines is 1. The van der Waals surface area contributed by atoms with Crippen molar-refractivity contribution in [2.24, 2.45) is 0 Å². The maximum absolute atomic E-state index is 12.6. The minimum Gasteiger partial charge on any atom is -0.393 e. The summed E-state index contributed by atoms with van der Waals surface area (Å²) in [5.74, 6) is 0.586. The first kappa shape index (κ1) is 14.5. The molecule has 2 unspecified atom stereocenters. The van der Waals surface area contributed by atoms with Crippen LogP contribution >= 0.6 is 0 Å². The predicted octanol–water partition coefficient (Wildman–Crippen LogP) is 1.03. The first-order valence-electron chi connectivity index (χ1n) is 6.63. The molecule has 0 aliphatic carbocycles. The number of hydrogen-bond donors (Lipinski definition) is 2. The number of imidazole rings is 1. The Balaban J connectivity index is 2.26. The van der Waals surface area contributed by atoms with E-state index in [1.807, 2.05) is 0 Å². The lowest BCUT2D eigenvalue weighted by Gasteiger charge is -2.34. The normalized spacial score (nSPS) is 23.4. The second-order valence-electron chi connectivity index (χ2n) is 5.18. The minimum atomic E-state index is -3.53. The lowest BCUT2D eigenvalue weighted by molar-refractivity contribution is 0.131. The van der Waals surface area contributed by atoms with Crippen LogP contribution in [-0.2, 0) is 10.0 Å². The second-order valence-corrected chi connectivity index (χ2v) is 7.04. The fraction of sp³-hybridized carbons (Fsp3) is 0.750. The van der Waals surface area contributed by atoms with Gasteiger partial charge in [-0.3, -0.25) is 0 Å². The topological polar surface area (TPSA) is 86.3 Å². The number of aliphatic hydroxyl groups is 1. The molecule has 19 heavy (non-hydrogen) atoms. The van der Waals surface area contributed by atoms with Crippen LogP contribution in [0, 0.1) is 6.92 Å². The van der Waals surface area contributed by atoms with Crippen LogP contribution in [0.25, 0.3) is 0 Å². The molecule has 2 atom stereocenters. The highest BCUT2D eigenvalue weighted by atomic mass is 32.2. The summed E-state index contributed by atoms with van der Waals surface area (Å²) in [5, 5.41) is 9.66. The Morgan fingerprint density at radius 1 is 1.58 bits per heavy atom. The third-order valence-corrected chi connectivity index (χ3v) is 5.31. The minimum absolute atomic E-state index is 0.123. The molecule has 7 heteroatoms. The van der Waals surface area contributed by atoms with Crippen molar-refractivity contribution in [2.45, 2.75) is 56.7 Å². The van der Waals surface area contributed by atoms with Gasteiger partial charge in [0.15, 0.2) is 5.03 Å². The molecule has 1 aromatic heterocycles. The van der Waals surface area contributed by atoms with Crippen LogP contribution in [0.5, 0.6) is 0 Å². The molecular weight excluding hydrogens is 266 g/mol. The van der Waals surface area contributed by atoms with E-state index in [-0.39, 0.29) is 11.1 Å². The number of piperidine rings is 1. The van der Waals surface area contributed by atoms with Crippen LogP contribution < -0.4 is 0 Å². The molecule has 0 radical (unpaired) electrons. The highest BCUT2D eigenvalue weighted by Gasteiger charge is 2.34. The molecule has 2 rings (SSSR count). The number of aliphatic hydroxyl groups excluding tert-OH is 1. The van der Waals surface area contributed by atoms with E-state index in [4.69, 9.17) is 0 Å². The quantitative estimate of drug-likeness (QED) is 0.866. The van der Waals surface area contributed by atoms with Gasteiger partial charge in [-0.1, -0.05) is 6.42 Å². The van der Waals surface area contributed by atoms with Gasteiger partial charge in [-0.25, -0.2) is 13.4 Å². The van der Waals surface area contributed by atoms with Crippen molar-refractivity contribution in [1.82, 2.24) is 14.3 Å². The van der Waals surface area contributed by atoms with Crippen molar-refractivity contribution in [3.05, 3.63) is 12.0 Å². The van der Waals surface area contributed by atoms with E-state index in [1.165, 1.54) is 10.5 Å². The molecule has 0 spiro atoms. The molecule has 1 fully saturated rings. The summed E-state index contributed by atoms with van der Waals surface area (Å²) in [4.78, 5) is 6.74. The Kier molecular flexibility index (Phi) is 4.27. The van der Waals surface area contributed by atoms with Crippen molar-refractivity contribution in [3.8, 4) is 0 Å². The standard InChI is InChI=1S/C12H21N3O3S/c1-9(16)7-11-5-3-4-6-15(11)19(17,18)12-8-13-10(2)14-12/h8-9,11,16H,3-7H2,1-2H3,(H,13,14). The van der Waals surface area contributed by atoms with Crippen molar-refractivity contribution in [2.75, 3.05) is 6.54 Å². The molecule has 0 amide bonds. The van der Waals surface area contributed by atoms with Crippen LogP contribution in [0.4, 0.5) is 0 Å². The van der Waals surface area contributed by atoms with E-state index in [0.29, 0.717) is 18.8 Å². The van der Waals surface area contributed by atoms with Gasteiger partial charge in [0.25, 0.3) is 10.0 Å². The van der Waals surface area contributed by atoms with Gasteiger partial charge in [-0.15, -0.1) is 0 Å². The molecule has 0 saturated carbocycles. The fourth-order valence-corrected chi connectivity index (χ4v) is 4.24. The summed E-state index contributed by atoms with van der Waals surface area (Å²) in [6, 6.07) is -0.123. The van der Waals surface area contributed by atoms with Gasteiger partial charge in [0, 0.05) is 12.6 Å². The van der Waals surface area contributed by atoms with Crippen molar-refractivity contribution < 1.29 is 13.5 Å². The van der Waals surface area contributed by atoms with E-state index in [9.17, 15) is 13.5 Å². The summed E-state index contributed by atoms with van der Waals surface area (Å²) in [6.07, 6.45) is 4.01. The summed E-state index contributed by atoms with van der Waals surface area (Å²) >= 11 is 0. The van der Waals surface area contributed by atoms with E-state index >= 15 is 0 Å². The lowest BCUT2D eigenvalue weighted by Crippen LogP contribution is -2.45. The summed E-state index contributed by atoms with van der Waals surface area (Å²) in [6.45, 7) is 3.93. The lowest BCUT2D eigenvalue weighted by atomic mass is 10.00. The highest BCUT2D eigenvalue weighted by molar-refractivity contribution is 7.89. The third kappa shape index (κ3) is 3.16. The summed E-state index contributed by atoms with van der Waals surface area (Å²) < 4.78 is 26.6. The highest BCUT2D eigenvalue weighted by Crippen LogP contribution is 2.27. The first-order chi connectivity index (χ1) is 8.91. The average Bonchev–Trinajstić information content (AvgIpc) is 2.76. The zero-order valence-corrected chi connectivity index (χ0v) is 12.2. The van der Waals surface area contributed by atoms with Crippen LogP contribution in [0.1, 0.15) is 38.4 Å². The third-order valence-electron chi connectivity index (χ3n) is 3.45. The number of aryl methyl sites for hydroxylation is 1. The molecule has 0 bridgehead atoms. The zero-order chi connectivity index (χ0) is 14.0. The molecule has 6 nitrogen and oxygen atoms in total. The molecule has 0 aromatic carbocycles. The van der Waals surface area contributed by atoms with Crippen molar-refractivity contribution in [1.29, 1.82) is 0 Å². The molecule has 2 N–H and O–H groups in total. The van der Waals surface area contributed by atoms with Gasteiger partial charge in [-0.2, -0.15) is 4.31 Å². The molecule has 1 aliphatic heterocycles. The summed E-state index contributed by atoms with van der Waals surface area (Å²) in [5.41, 5.74) is 0. The fourth-order valence-electron chi connectivity index (χ4n) is 2.58. The van der Waals surface area contributed by atoms with Gasteiger partial charge in [-0.05, 0) is 33.1 Å². The van der Waals surface area contributed by atoms with E-state index < -0.39 is 16.1 Å². The number of rotatable bonds is 4. The summed E-state index contributed by atoms with van der Waals surface area (Å²) in [7, 11) is -3.53. The van der Waals surface area contributed by atoms with Crippen molar-refractivity contribution in [3.63, 3.8) is 0 Å². The molecule has 1 aromatic rings. The predicted molar refractivity (Wildman–Crippen MR) is 71.2 cm³/mol. The Hall–Kier alpha value is -0.920. The molecule has 1 saturated heterocycles. The number of H-pyrrole nitrogens is 1. The Morgan fingerprint density at radius 2 is 2.32 bits per heavy atom. The smallest absolute Gasteiger partial charge is 0.260 e. The Morgan fingerprint density at radius 3 is 2.89 bits per heavy atom. The Bertz CT molecular complexity index is 524. The first-order valence-corrected chi connectivity index (χ1v) is 8.07. The van der Waals surface area contributed by atoms with Gasteiger partial charge < -0.3 is 10.1 Å². The number of sulfonamides is 1. The maximum atomic E-state index is 12.6. The Labute approximate surface area is 113 Å². The van der Waals surface area contributed by atoms with E-state index in [0.717, 1.165) is 19.3 Å². The number of nitrogens with zero attached hydrogens (tertiary/aromatic N) is 2. The number of nitrogens with one attached hydrogen (secondary N) is 1. The van der Waals surface area contributed by atoms with Crippen LogP contribution in [-0.4, -0.2) is 46.5 Å². The van der Waals surface area contributed by atoms with Crippen LogP contribution in [0.2, 0.25) is 0 Å². The van der Waals surface area contributed by atoms with E-state index in [2.05, 4.69) is 9.97 Å². The van der Waals surface area contributed by atoms with Crippen LogP contribution in [0.15, 0.2) is 11.2 Å². The van der Waals surface area contributed by atoms with Crippen molar-refractivity contribution >= 4 is 10.0 Å².